The lowest BCUT2D eigenvalue weighted by atomic mass is 10.0. The molecule has 3 N–H and O–H groups in total. The van der Waals surface area contributed by atoms with Crippen LogP contribution in [0.2, 0.25) is 0 Å². The normalized spacial score (nSPS) is 22.6. The van der Waals surface area contributed by atoms with E-state index in [9.17, 15) is 9.59 Å². The summed E-state index contributed by atoms with van der Waals surface area (Å²) in [6, 6.07) is -0.553. The van der Waals surface area contributed by atoms with Crippen LogP contribution in [0.3, 0.4) is 0 Å². The molecule has 0 aromatic carbocycles. The maximum atomic E-state index is 12.0. The molecule has 1 fully saturated rings. The second-order valence-corrected chi connectivity index (χ2v) is 4.72. The number of carbonyl (C=O) groups excluding carboxylic acids is 1. The number of ether oxygens (including phenoxy) is 1. The number of carboxylic acid groups (broad SMARTS) is 1. The van der Waals surface area contributed by atoms with Crippen molar-refractivity contribution in [1.29, 1.82) is 0 Å². The number of hydrogen-bond donors (Lipinski definition) is 2. The molecule has 1 aliphatic heterocycles. The van der Waals surface area contributed by atoms with Gasteiger partial charge in [0.05, 0.1) is 19.2 Å². The van der Waals surface area contributed by atoms with Gasteiger partial charge in [0.2, 0.25) is 5.91 Å². The van der Waals surface area contributed by atoms with Crippen LogP contribution in [0, 0.1) is 5.92 Å². The van der Waals surface area contributed by atoms with Crippen molar-refractivity contribution in [3.05, 3.63) is 0 Å². The van der Waals surface area contributed by atoms with Crippen molar-refractivity contribution in [2.75, 3.05) is 19.7 Å². The van der Waals surface area contributed by atoms with Gasteiger partial charge in [-0.3, -0.25) is 4.79 Å². The first kappa shape index (κ1) is 13.9. The van der Waals surface area contributed by atoms with Gasteiger partial charge in [-0.1, -0.05) is 13.8 Å². The molecule has 6 heteroatoms. The first-order valence-electron chi connectivity index (χ1n) is 5.80. The third kappa shape index (κ3) is 3.98. The molecule has 0 bridgehead atoms. The van der Waals surface area contributed by atoms with Crippen LogP contribution >= 0.6 is 0 Å². The smallest absolute Gasteiger partial charge is 0.334 e. The van der Waals surface area contributed by atoms with E-state index in [1.54, 1.807) is 0 Å². The fourth-order valence-corrected chi connectivity index (χ4v) is 1.84. The number of rotatable bonds is 4. The topological polar surface area (TPSA) is 92.9 Å². The quantitative estimate of drug-likeness (QED) is 0.706. The summed E-state index contributed by atoms with van der Waals surface area (Å²) in [6.07, 6.45) is -0.326. The van der Waals surface area contributed by atoms with Gasteiger partial charge in [0, 0.05) is 6.54 Å². The second kappa shape index (κ2) is 5.97. The van der Waals surface area contributed by atoms with Crippen LogP contribution in [-0.4, -0.2) is 53.7 Å². The number of nitrogens with two attached hydrogens (primary N) is 1. The summed E-state index contributed by atoms with van der Waals surface area (Å²) in [5.74, 6) is -0.890. The minimum atomic E-state index is -1.04. The number of morpholine rings is 1. The SMILES string of the molecule is CC(C)C[C@H](N)C(=O)N1CCOC(C(=O)O)C1. The van der Waals surface area contributed by atoms with Gasteiger partial charge in [0.15, 0.2) is 6.10 Å². The summed E-state index contributed by atoms with van der Waals surface area (Å²) in [4.78, 5) is 24.2. The van der Waals surface area contributed by atoms with E-state index in [1.807, 2.05) is 13.8 Å². The van der Waals surface area contributed by atoms with E-state index in [2.05, 4.69) is 0 Å². The van der Waals surface area contributed by atoms with Gasteiger partial charge in [0.25, 0.3) is 0 Å². The highest BCUT2D eigenvalue weighted by molar-refractivity contribution is 5.83. The Balaban J connectivity index is 2.54. The van der Waals surface area contributed by atoms with Crippen molar-refractivity contribution in [3.8, 4) is 0 Å². The van der Waals surface area contributed by atoms with Gasteiger partial charge in [0.1, 0.15) is 0 Å². The van der Waals surface area contributed by atoms with Crippen LogP contribution in [0.15, 0.2) is 0 Å². The number of nitrogens with zero attached hydrogens (tertiary/aromatic N) is 1. The van der Waals surface area contributed by atoms with Gasteiger partial charge in [-0.05, 0) is 12.3 Å². The first-order valence-corrected chi connectivity index (χ1v) is 5.80. The van der Waals surface area contributed by atoms with Crippen molar-refractivity contribution in [1.82, 2.24) is 4.90 Å². The Morgan fingerprint density at radius 1 is 1.53 bits per heavy atom. The van der Waals surface area contributed by atoms with Crippen molar-refractivity contribution >= 4 is 11.9 Å². The predicted octanol–water partition coefficient (Wildman–Crippen LogP) is -0.328. The fourth-order valence-electron chi connectivity index (χ4n) is 1.84. The van der Waals surface area contributed by atoms with Crippen LogP contribution < -0.4 is 5.73 Å². The van der Waals surface area contributed by atoms with E-state index in [1.165, 1.54) is 4.90 Å². The number of amides is 1. The van der Waals surface area contributed by atoms with Crippen molar-refractivity contribution in [3.63, 3.8) is 0 Å². The Kier molecular flexibility index (Phi) is 4.89. The van der Waals surface area contributed by atoms with Crippen LogP contribution in [-0.2, 0) is 14.3 Å². The molecule has 1 unspecified atom stereocenters. The third-order valence-corrected chi connectivity index (χ3v) is 2.70. The summed E-state index contributed by atoms with van der Waals surface area (Å²) >= 11 is 0. The first-order chi connectivity index (χ1) is 7.91. The molecule has 17 heavy (non-hydrogen) atoms. The lowest BCUT2D eigenvalue weighted by Crippen LogP contribution is -2.53. The van der Waals surface area contributed by atoms with E-state index in [4.69, 9.17) is 15.6 Å². The van der Waals surface area contributed by atoms with Crippen LogP contribution in [0.1, 0.15) is 20.3 Å². The highest BCUT2D eigenvalue weighted by Crippen LogP contribution is 2.10. The average Bonchev–Trinajstić information content (AvgIpc) is 2.27. The maximum absolute atomic E-state index is 12.0. The Morgan fingerprint density at radius 3 is 2.71 bits per heavy atom. The predicted molar refractivity (Wildman–Crippen MR) is 61.4 cm³/mol. The molecule has 1 saturated heterocycles. The van der Waals surface area contributed by atoms with Crippen LogP contribution in [0.4, 0.5) is 0 Å². The number of carboxylic acids is 1. The molecule has 0 radical (unpaired) electrons. The van der Waals surface area contributed by atoms with Gasteiger partial charge in [-0.25, -0.2) is 4.79 Å². The lowest BCUT2D eigenvalue weighted by Gasteiger charge is -2.32. The van der Waals surface area contributed by atoms with E-state index in [0.717, 1.165) is 0 Å². The Bertz CT molecular complexity index is 293. The summed E-state index contributed by atoms with van der Waals surface area (Å²) in [5.41, 5.74) is 5.79. The zero-order valence-corrected chi connectivity index (χ0v) is 10.3. The monoisotopic (exact) mass is 244 g/mol. The van der Waals surface area contributed by atoms with Gasteiger partial charge in [-0.2, -0.15) is 0 Å². The number of hydrogen-bond acceptors (Lipinski definition) is 4. The van der Waals surface area contributed by atoms with Gasteiger partial charge in [-0.15, -0.1) is 0 Å². The molecule has 6 nitrogen and oxygen atoms in total. The van der Waals surface area contributed by atoms with E-state index < -0.39 is 18.1 Å². The Morgan fingerprint density at radius 2 is 2.18 bits per heavy atom. The highest BCUT2D eigenvalue weighted by Gasteiger charge is 2.31. The van der Waals surface area contributed by atoms with Crippen LogP contribution in [0.5, 0.6) is 0 Å². The molecule has 98 valence electrons. The highest BCUT2D eigenvalue weighted by atomic mass is 16.5. The molecular formula is C11H20N2O4. The Labute approximate surface area is 101 Å². The van der Waals surface area contributed by atoms with Gasteiger partial charge < -0.3 is 20.5 Å². The molecule has 1 rings (SSSR count). The summed E-state index contributed by atoms with van der Waals surface area (Å²) in [7, 11) is 0. The van der Waals surface area contributed by atoms with Crippen LogP contribution in [0.25, 0.3) is 0 Å². The molecule has 2 atom stereocenters. The van der Waals surface area contributed by atoms with E-state index in [0.29, 0.717) is 18.9 Å². The minimum absolute atomic E-state index is 0.0833. The zero-order valence-electron chi connectivity index (χ0n) is 10.3. The molecule has 1 aliphatic rings. The number of aliphatic carboxylic acids is 1. The molecule has 0 aromatic rings. The zero-order chi connectivity index (χ0) is 13.0. The fraction of sp³-hybridized carbons (Fsp3) is 0.818. The molecule has 1 amide bonds. The molecule has 0 spiro atoms. The van der Waals surface area contributed by atoms with Crippen molar-refractivity contribution < 1.29 is 19.4 Å². The Hall–Kier alpha value is -1.14. The van der Waals surface area contributed by atoms with E-state index >= 15 is 0 Å². The third-order valence-electron chi connectivity index (χ3n) is 2.70. The second-order valence-electron chi connectivity index (χ2n) is 4.72. The standard InChI is InChI=1S/C11H20N2O4/c1-7(2)5-8(12)10(14)13-3-4-17-9(6-13)11(15)16/h7-9H,3-6,12H2,1-2H3,(H,15,16)/t8-,9?/m0/s1. The van der Waals surface area contributed by atoms with Crippen molar-refractivity contribution in [2.45, 2.75) is 32.4 Å². The number of carbonyl (C=O) groups is 2. The molecule has 0 aliphatic carbocycles. The largest absolute Gasteiger partial charge is 0.479 e. The lowest BCUT2D eigenvalue weighted by molar-refractivity contribution is -0.159. The summed E-state index contributed by atoms with van der Waals surface area (Å²) < 4.78 is 5.05. The molecule has 0 saturated carbocycles. The summed E-state index contributed by atoms with van der Waals surface area (Å²) in [6.45, 7) is 4.73. The van der Waals surface area contributed by atoms with E-state index in [-0.39, 0.29) is 19.1 Å². The molecular weight excluding hydrogens is 224 g/mol. The minimum Gasteiger partial charge on any atom is -0.479 e. The molecule has 1 heterocycles. The molecule has 0 aromatic heterocycles. The van der Waals surface area contributed by atoms with Crippen molar-refractivity contribution in [2.24, 2.45) is 11.7 Å². The summed E-state index contributed by atoms with van der Waals surface area (Å²) in [5, 5.41) is 8.83. The average molecular weight is 244 g/mol. The van der Waals surface area contributed by atoms with Gasteiger partial charge >= 0.3 is 5.97 Å². The maximum Gasteiger partial charge on any atom is 0.334 e.